The summed E-state index contributed by atoms with van der Waals surface area (Å²) in [6.07, 6.45) is 0. The molecule has 0 radical (unpaired) electrons. The molecule has 2 aromatic carbocycles. The van der Waals surface area contributed by atoms with Crippen LogP contribution < -0.4 is 15.4 Å². The first-order chi connectivity index (χ1) is 15.0. The number of nitrogens with one attached hydrogen (secondary N) is 3. The standard InChI is InChI=1S/C23H32N4O4S/c1-16(2)27(5)22(28)20-10-8-19(9-11-20)15-25-23(29)24-12-13-26-32(30,31)21-14-17(3)6-7-18(21)4/h6-11,14,16,26H,12-13,15H2,1-5H3,(H2,24,25,29). The Balaban J connectivity index is 1.77. The van der Waals surface area contributed by atoms with Gasteiger partial charge in [0.2, 0.25) is 10.0 Å². The number of sulfonamides is 1. The van der Waals surface area contributed by atoms with Gasteiger partial charge in [-0.15, -0.1) is 0 Å². The van der Waals surface area contributed by atoms with Gasteiger partial charge < -0.3 is 15.5 Å². The van der Waals surface area contributed by atoms with Gasteiger partial charge in [0.25, 0.3) is 5.91 Å². The van der Waals surface area contributed by atoms with Crippen LogP contribution in [-0.4, -0.2) is 51.4 Å². The quantitative estimate of drug-likeness (QED) is 0.500. The molecule has 0 atom stereocenters. The first kappa shape index (κ1) is 25.4. The second-order valence-corrected chi connectivity index (χ2v) is 9.72. The lowest BCUT2D eigenvalue weighted by Crippen LogP contribution is -2.40. The van der Waals surface area contributed by atoms with E-state index in [0.29, 0.717) is 11.1 Å². The largest absolute Gasteiger partial charge is 0.339 e. The van der Waals surface area contributed by atoms with Gasteiger partial charge in [0.1, 0.15) is 0 Å². The summed E-state index contributed by atoms with van der Waals surface area (Å²) in [6, 6.07) is 12.0. The van der Waals surface area contributed by atoms with Crippen molar-refractivity contribution >= 4 is 22.0 Å². The Bertz CT molecular complexity index is 1050. The number of aryl methyl sites for hydroxylation is 2. The molecule has 9 heteroatoms. The summed E-state index contributed by atoms with van der Waals surface area (Å²) in [7, 11) is -1.88. The van der Waals surface area contributed by atoms with Gasteiger partial charge in [0.15, 0.2) is 0 Å². The molecule has 0 heterocycles. The Labute approximate surface area is 190 Å². The zero-order valence-electron chi connectivity index (χ0n) is 19.2. The fourth-order valence-corrected chi connectivity index (χ4v) is 4.24. The predicted octanol–water partition coefficient (Wildman–Crippen LogP) is 2.56. The summed E-state index contributed by atoms with van der Waals surface area (Å²) in [4.78, 5) is 26.2. The molecule has 3 amide bonds. The molecule has 0 saturated carbocycles. The van der Waals surface area contributed by atoms with Crippen LogP contribution in [0.3, 0.4) is 0 Å². The van der Waals surface area contributed by atoms with Crippen molar-refractivity contribution in [2.75, 3.05) is 20.1 Å². The van der Waals surface area contributed by atoms with Crippen molar-refractivity contribution in [1.82, 2.24) is 20.3 Å². The second kappa shape index (κ2) is 11.1. The molecule has 0 aliphatic heterocycles. The molecule has 2 rings (SSSR count). The predicted molar refractivity (Wildman–Crippen MR) is 125 cm³/mol. The molecule has 0 aliphatic carbocycles. The normalized spacial score (nSPS) is 11.3. The highest BCUT2D eigenvalue weighted by molar-refractivity contribution is 7.89. The third-order valence-electron chi connectivity index (χ3n) is 5.08. The summed E-state index contributed by atoms with van der Waals surface area (Å²) in [5, 5.41) is 5.33. The molecule has 0 aromatic heterocycles. The Kier molecular flexibility index (Phi) is 8.80. The summed E-state index contributed by atoms with van der Waals surface area (Å²) < 4.78 is 27.4. The van der Waals surface area contributed by atoms with Gasteiger partial charge in [-0.1, -0.05) is 24.3 Å². The van der Waals surface area contributed by atoms with Crippen LogP contribution in [0.2, 0.25) is 0 Å². The average molecular weight is 461 g/mol. The molecule has 8 nitrogen and oxygen atoms in total. The highest BCUT2D eigenvalue weighted by Crippen LogP contribution is 2.16. The molecule has 0 bridgehead atoms. The SMILES string of the molecule is Cc1ccc(C)c(S(=O)(=O)NCCNC(=O)NCc2ccc(C(=O)N(C)C(C)C)cc2)c1. The topological polar surface area (TPSA) is 108 Å². The number of rotatable bonds is 9. The van der Waals surface area contributed by atoms with Crippen LogP contribution in [0.5, 0.6) is 0 Å². The van der Waals surface area contributed by atoms with Crippen molar-refractivity contribution in [3.63, 3.8) is 0 Å². The van der Waals surface area contributed by atoms with Crippen molar-refractivity contribution in [1.29, 1.82) is 0 Å². The minimum Gasteiger partial charge on any atom is -0.339 e. The minimum atomic E-state index is -3.64. The number of hydrogen-bond donors (Lipinski definition) is 3. The Hall–Kier alpha value is -2.91. The van der Waals surface area contributed by atoms with Crippen LogP contribution in [0.25, 0.3) is 0 Å². The maximum absolute atomic E-state index is 12.4. The van der Waals surface area contributed by atoms with Crippen LogP contribution >= 0.6 is 0 Å². The van der Waals surface area contributed by atoms with E-state index in [9.17, 15) is 18.0 Å². The van der Waals surface area contributed by atoms with Gasteiger partial charge in [-0.05, 0) is 62.6 Å². The van der Waals surface area contributed by atoms with E-state index in [0.717, 1.165) is 11.1 Å². The summed E-state index contributed by atoms with van der Waals surface area (Å²) in [5.74, 6) is -0.0550. The number of hydrogen-bond acceptors (Lipinski definition) is 4. The molecule has 0 saturated heterocycles. The first-order valence-corrected chi connectivity index (χ1v) is 11.9. The van der Waals surface area contributed by atoms with Crippen LogP contribution in [0.15, 0.2) is 47.4 Å². The van der Waals surface area contributed by atoms with Gasteiger partial charge >= 0.3 is 6.03 Å². The van der Waals surface area contributed by atoms with Crippen molar-refractivity contribution in [3.05, 3.63) is 64.7 Å². The average Bonchev–Trinajstić information content (AvgIpc) is 2.76. The van der Waals surface area contributed by atoms with Crippen molar-refractivity contribution in [2.24, 2.45) is 0 Å². The fraction of sp³-hybridized carbons (Fsp3) is 0.391. The smallest absolute Gasteiger partial charge is 0.315 e. The minimum absolute atomic E-state index is 0.0550. The summed E-state index contributed by atoms with van der Waals surface area (Å²) in [5.41, 5.74) is 2.96. The molecule has 0 unspecified atom stereocenters. The van der Waals surface area contributed by atoms with Gasteiger partial charge in [0, 0.05) is 38.3 Å². The number of amides is 3. The summed E-state index contributed by atoms with van der Waals surface area (Å²) >= 11 is 0. The number of nitrogens with zero attached hydrogens (tertiary/aromatic N) is 1. The van der Waals surface area contributed by atoms with Gasteiger partial charge in [-0.3, -0.25) is 4.79 Å². The molecule has 2 aromatic rings. The van der Waals surface area contributed by atoms with E-state index >= 15 is 0 Å². The first-order valence-electron chi connectivity index (χ1n) is 10.5. The van der Waals surface area contributed by atoms with Gasteiger partial charge in [0.05, 0.1) is 4.90 Å². The Morgan fingerprint density at radius 2 is 1.62 bits per heavy atom. The molecule has 174 valence electrons. The van der Waals surface area contributed by atoms with Gasteiger partial charge in [-0.2, -0.15) is 0 Å². The summed E-state index contributed by atoms with van der Waals surface area (Å²) in [6.45, 7) is 7.97. The Morgan fingerprint density at radius 3 is 2.25 bits per heavy atom. The zero-order chi connectivity index (χ0) is 23.9. The maximum atomic E-state index is 12.4. The third kappa shape index (κ3) is 7.06. The van der Waals surface area contributed by atoms with E-state index < -0.39 is 16.1 Å². The van der Waals surface area contributed by atoms with E-state index in [1.165, 1.54) is 0 Å². The highest BCUT2D eigenvalue weighted by Gasteiger charge is 2.16. The lowest BCUT2D eigenvalue weighted by Gasteiger charge is -2.21. The van der Waals surface area contributed by atoms with Crippen molar-refractivity contribution in [3.8, 4) is 0 Å². The second-order valence-electron chi connectivity index (χ2n) is 7.98. The molecule has 0 spiro atoms. The van der Waals surface area contributed by atoms with E-state index in [1.807, 2.05) is 26.8 Å². The molecule has 0 aliphatic rings. The van der Waals surface area contributed by atoms with E-state index in [-0.39, 0.29) is 36.5 Å². The molecule has 32 heavy (non-hydrogen) atoms. The number of carbonyl (C=O) groups is 2. The number of carbonyl (C=O) groups excluding carboxylic acids is 2. The lowest BCUT2D eigenvalue weighted by atomic mass is 10.1. The molecular weight excluding hydrogens is 428 g/mol. The third-order valence-corrected chi connectivity index (χ3v) is 6.69. The van der Waals surface area contributed by atoms with Gasteiger partial charge in [-0.25, -0.2) is 17.9 Å². The maximum Gasteiger partial charge on any atom is 0.315 e. The van der Waals surface area contributed by atoms with E-state index in [2.05, 4.69) is 15.4 Å². The molecule has 0 fully saturated rings. The van der Waals surface area contributed by atoms with Crippen LogP contribution in [-0.2, 0) is 16.6 Å². The monoisotopic (exact) mass is 460 g/mol. The van der Waals surface area contributed by atoms with Crippen LogP contribution in [0.4, 0.5) is 4.79 Å². The zero-order valence-corrected chi connectivity index (χ0v) is 20.0. The van der Waals surface area contributed by atoms with Crippen LogP contribution in [0.1, 0.15) is 40.9 Å². The van der Waals surface area contributed by atoms with E-state index in [1.54, 1.807) is 55.3 Å². The number of benzene rings is 2. The number of urea groups is 1. The van der Waals surface area contributed by atoms with Crippen molar-refractivity contribution in [2.45, 2.75) is 45.2 Å². The molecule has 3 N–H and O–H groups in total. The highest BCUT2D eigenvalue weighted by atomic mass is 32.2. The molecular formula is C23H32N4O4S. The van der Waals surface area contributed by atoms with Crippen molar-refractivity contribution < 1.29 is 18.0 Å². The van der Waals surface area contributed by atoms with E-state index in [4.69, 9.17) is 0 Å². The lowest BCUT2D eigenvalue weighted by molar-refractivity contribution is 0.0755. The fourth-order valence-electron chi connectivity index (χ4n) is 2.88. The van der Waals surface area contributed by atoms with Crippen LogP contribution in [0, 0.1) is 13.8 Å². The Morgan fingerprint density at radius 1 is 0.969 bits per heavy atom.